The molecular formula is C25H25NO5. The summed E-state index contributed by atoms with van der Waals surface area (Å²) in [7, 11) is 3.13. The van der Waals surface area contributed by atoms with E-state index in [0.717, 1.165) is 11.3 Å². The van der Waals surface area contributed by atoms with E-state index in [4.69, 9.17) is 18.9 Å². The minimum atomic E-state index is -0.259. The van der Waals surface area contributed by atoms with Crippen LogP contribution in [0, 0.1) is 0 Å². The Morgan fingerprint density at radius 3 is 2.13 bits per heavy atom. The molecule has 31 heavy (non-hydrogen) atoms. The van der Waals surface area contributed by atoms with Crippen LogP contribution in [0.1, 0.15) is 12.5 Å². The largest absolute Gasteiger partial charge is 0.494 e. The number of rotatable bonds is 9. The first-order valence-electron chi connectivity index (χ1n) is 9.83. The number of ether oxygens (including phenoxy) is 4. The van der Waals surface area contributed by atoms with E-state index >= 15 is 0 Å². The molecule has 1 amide bonds. The first-order valence-corrected chi connectivity index (χ1v) is 9.83. The number of hydrogen-bond acceptors (Lipinski definition) is 5. The van der Waals surface area contributed by atoms with Crippen LogP contribution in [-0.4, -0.2) is 26.7 Å². The standard InChI is InChI=1S/C25H25NO5/c1-4-30-20-13-15-22(16-14-20)31-21-11-9-19(10-12-21)26-24(27)17-8-18-6-5-7-23(28-2)25(18)29-3/h5-17H,4H2,1-3H3,(H,26,27)/b17-8+. The lowest BCUT2D eigenvalue weighted by Gasteiger charge is -2.10. The minimum absolute atomic E-state index is 0.259. The number of amides is 1. The van der Waals surface area contributed by atoms with Gasteiger partial charge in [0.2, 0.25) is 5.91 Å². The maximum absolute atomic E-state index is 12.3. The summed E-state index contributed by atoms with van der Waals surface area (Å²) in [6.07, 6.45) is 3.13. The molecule has 0 aromatic heterocycles. The van der Waals surface area contributed by atoms with Gasteiger partial charge in [0, 0.05) is 17.3 Å². The molecule has 0 spiro atoms. The van der Waals surface area contributed by atoms with Gasteiger partial charge >= 0.3 is 0 Å². The summed E-state index contributed by atoms with van der Waals surface area (Å²) in [6.45, 7) is 2.56. The second-order valence-corrected chi connectivity index (χ2v) is 6.44. The van der Waals surface area contributed by atoms with Crippen LogP contribution in [0.15, 0.2) is 72.8 Å². The van der Waals surface area contributed by atoms with Crippen molar-refractivity contribution in [2.75, 3.05) is 26.1 Å². The van der Waals surface area contributed by atoms with Crippen molar-refractivity contribution in [1.82, 2.24) is 0 Å². The van der Waals surface area contributed by atoms with E-state index in [0.29, 0.717) is 35.3 Å². The van der Waals surface area contributed by atoms with Gasteiger partial charge in [0.25, 0.3) is 0 Å². The van der Waals surface area contributed by atoms with Gasteiger partial charge in [-0.25, -0.2) is 0 Å². The van der Waals surface area contributed by atoms with Crippen molar-refractivity contribution >= 4 is 17.7 Å². The SMILES string of the molecule is CCOc1ccc(Oc2ccc(NC(=O)/C=C/c3cccc(OC)c3OC)cc2)cc1. The topological polar surface area (TPSA) is 66.0 Å². The van der Waals surface area contributed by atoms with Gasteiger partial charge in [0.05, 0.1) is 20.8 Å². The van der Waals surface area contributed by atoms with Crippen LogP contribution in [0.4, 0.5) is 5.69 Å². The van der Waals surface area contributed by atoms with Crippen molar-refractivity contribution in [2.24, 2.45) is 0 Å². The summed E-state index contributed by atoms with van der Waals surface area (Å²) in [6, 6.07) is 20.0. The van der Waals surface area contributed by atoms with Gasteiger partial charge in [-0.15, -0.1) is 0 Å². The molecule has 0 fully saturated rings. The Morgan fingerprint density at radius 1 is 0.871 bits per heavy atom. The Labute approximate surface area is 182 Å². The Kier molecular flexibility index (Phi) is 7.54. The van der Waals surface area contributed by atoms with Crippen LogP contribution in [-0.2, 0) is 4.79 Å². The Bertz CT molecular complexity index is 1030. The van der Waals surface area contributed by atoms with Gasteiger partial charge in [-0.05, 0) is 67.6 Å². The molecule has 0 aliphatic carbocycles. The molecule has 0 heterocycles. The highest BCUT2D eigenvalue weighted by Gasteiger charge is 2.07. The fourth-order valence-corrected chi connectivity index (χ4v) is 2.91. The summed E-state index contributed by atoms with van der Waals surface area (Å²) < 4.78 is 21.9. The first-order chi connectivity index (χ1) is 15.1. The second kappa shape index (κ2) is 10.7. The number of methoxy groups -OCH3 is 2. The van der Waals surface area contributed by atoms with Crippen molar-refractivity contribution in [3.8, 4) is 28.7 Å². The fourth-order valence-electron chi connectivity index (χ4n) is 2.91. The predicted octanol–water partition coefficient (Wildman–Crippen LogP) is 5.55. The third kappa shape index (κ3) is 6.02. The zero-order valence-corrected chi connectivity index (χ0v) is 17.8. The molecule has 6 nitrogen and oxygen atoms in total. The molecule has 0 saturated heterocycles. The van der Waals surface area contributed by atoms with Crippen molar-refractivity contribution in [2.45, 2.75) is 6.92 Å². The van der Waals surface area contributed by atoms with E-state index in [1.54, 1.807) is 50.6 Å². The number of hydrogen-bond donors (Lipinski definition) is 1. The second-order valence-electron chi connectivity index (χ2n) is 6.44. The number of carbonyl (C=O) groups is 1. The van der Waals surface area contributed by atoms with Crippen LogP contribution in [0.5, 0.6) is 28.7 Å². The average Bonchev–Trinajstić information content (AvgIpc) is 2.80. The first kappa shape index (κ1) is 21.8. The molecular weight excluding hydrogens is 394 g/mol. The maximum Gasteiger partial charge on any atom is 0.248 e. The van der Waals surface area contributed by atoms with Crippen molar-refractivity contribution in [3.05, 3.63) is 78.4 Å². The quantitative estimate of drug-likeness (QED) is 0.461. The van der Waals surface area contributed by atoms with Gasteiger partial charge in [-0.3, -0.25) is 4.79 Å². The van der Waals surface area contributed by atoms with Crippen LogP contribution in [0.3, 0.4) is 0 Å². The number of anilines is 1. The van der Waals surface area contributed by atoms with Gasteiger partial charge in [-0.1, -0.05) is 12.1 Å². The van der Waals surface area contributed by atoms with E-state index in [-0.39, 0.29) is 5.91 Å². The van der Waals surface area contributed by atoms with Gasteiger partial charge < -0.3 is 24.3 Å². The monoisotopic (exact) mass is 419 g/mol. The van der Waals surface area contributed by atoms with Gasteiger partial charge in [0.1, 0.15) is 17.2 Å². The summed E-state index contributed by atoms with van der Waals surface area (Å²) in [5, 5.41) is 2.82. The molecule has 0 aliphatic rings. The van der Waals surface area contributed by atoms with Crippen molar-refractivity contribution < 1.29 is 23.7 Å². The van der Waals surface area contributed by atoms with Gasteiger partial charge in [0.15, 0.2) is 11.5 Å². The minimum Gasteiger partial charge on any atom is -0.494 e. The Hall–Kier alpha value is -3.93. The maximum atomic E-state index is 12.3. The van der Waals surface area contributed by atoms with Crippen LogP contribution >= 0.6 is 0 Å². The third-order valence-electron chi connectivity index (χ3n) is 4.34. The van der Waals surface area contributed by atoms with Crippen molar-refractivity contribution in [1.29, 1.82) is 0 Å². The Balaban J connectivity index is 1.59. The summed E-state index contributed by atoms with van der Waals surface area (Å²) in [5.74, 6) is 3.09. The normalized spacial score (nSPS) is 10.5. The van der Waals surface area contributed by atoms with E-state index in [1.807, 2.05) is 43.3 Å². The number of carbonyl (C=O) groups excluding carboxylic acids is 1. The molecule has 1 N–H and O–H groups in total. The molecule has 0 saturated carbocycles. The number of para-hydroxylation sites is 1. The molecule has 6 heteroatoms. The number of nitrogens with one attached hydrogen (secondary N) is 1. The third-order valence-corrected chi connectivity index (χ3v) is 4.34. The van der Waals surface area contributed by atoms with Crippen LogP contribution in [0.2, 0.25) is 0 Å². The van der Waals surface area contributed by atoms with Gasteiger partial charge in [-0.2, -0.15) is 0 Å². The van der Waals surface area contributed by atoms with E-state index in [2.05, 4.69) is 5.32 Å². The molecule has 0 aliphatic heterocycles. The summed E-state index contributed by atoms with van der Waals surface area (Å²) in [5.41, 5.74) is 1.41. The van der Waals surface area contributed by atoms with Crippen molar-refractivity contribution in [3.63, 3.8) is 0 Å². The van der Waals surface area contributed by atoms with Crippen LogP contribution < -0.4 is 24.3 Å². The highest BCUT2D eigenvalue weighted by molar-refractivity contribution is 6.02. The molecule has 0 unspecified atom stereocenters. The van der Waals surface area contributed by atoms with Crippen LogP contribution in [0.25, 0.3) is 6.08 Å². The molecule has 0 radical (unpaired) electrons. The lowest BCUT2D eigenvalue weighted by molar-refractivity contribution is -0.111. The molecule has 0 atom stereocenters. The zero-order valence-electron chi connectivity index (χ0n) is 17.8. The van der Waals surface area contributed by atoms with E-state index in [1.165, 1.54) is 6.08 Å². The highest BCUT2D eigenvalue weighted by Crippen LogP contribution is 2.31. The molecule has 160 valence electrons. The highest BCUT2D eigenvalue weighted by atomic mass is 16.5. The molecule has 3 aromatic rings. The van der Waals surface area contributed by atoms with E-state index < -0.39 is 0 Å². The lowest BCUT2D eigenvalue weighted by Crippen LogP contribution is -2.07. The fraction of sp³-hybridized carbons (Fsp3) is 0.160. The summed E-state index contributed by atoms with van der Waals surface area (Å²) in [4.78, 5) is 12.3. The smallest absolute Gasteiger partial charge is 0.248 e. The zero-order chi connectivity index (χ0) is 22.1. The average molecular weight is 419 g/mol. The number of benzene rings is 3. The predicted molar refractivity (Wildman–Crippen MR) is 121 cm³/mol. The molecule has 3 aromatic carbocycles. The summed E-state index contributed by atoms with van der Waals surface area (Å²) >= 11 is 0. The lowest BCUT2D eigenvalue weighted by atomic mass is 10.1. The molecule has 0 bridgehead atoms. The van der Waals surface area contributed by atoms with E-state index in [9.17, 15) is 4.79 Å². The Morgan fingerprint density at radius 2 is 1.52 bits per heavy atom. The molecule has 3 rings (SSSR count).